The number of hydrogen-bond acceptors (Lipinski definition) is 12. The molecule has 4 aromatic heterocycles. The molecule has 0 bridgehead atoms. The van der Waals surface area contributed by atoms with Crippen LogP contribution in [0.3, 0.4) is 0 Å². The molecule has 0 saturated carbocycles. The van der Waals surface area contributed by atoms with Crippen LogP contribution in [0.25, 0.3) is 31.9 Å². The first-order valence-corrected chi connectivity index (χ1v) is 10.5. The van der Waals surface area contributed by atoms with Crippen LogP contribution in [0.1, 0.15) is 33.9 Å². The molecule has 0 amide bonds. The van der Waals surface area contributed by atoms with E-state index in [2.05, 4.69) is 39.6 Å². The summed E-state index contributed by atoms with van der Waals surface area (Å²) in [5.74, 6) is -0.842. The van der Waals surface area contributed by atoms with E-state index >= 15 is 0 Å². The number of hydrogen-bond donors (Lipinski definition) is 0. The zero-order valence-electron chi connectivity index (χ0n) is 19.6. The minimum absolute atomic E-state index is 0.0582. The maximum absolute atomic E-state index is 9.88. The highest BCUT2D eigenvalue weighted by molar-refractivity contribution is 5.84. The molecule has 14 nitrogen and oxygen atoms in total. The molecule has 0 aliphatic heterocycles. The predicted octanol–water partition coefficient (Wildman–Crippen LogP) is 1.24. The first kappa shape index (κ1) is 25.5. The molecule has 4 rings (SSSR count). The van der Waals surface area contributed by atoms with Gasteiger partial charge in [0.05, 0.1) is 44.0 Å². The van der Waals surface area contributed by atoms with Gasteiger partial charge in [-0.25, -0.2) is 9.97 Å². The largest absolute Gasteiger partial charge is 0.394 e. The lowest BCUT2D eigenvalue weighted by molar-refractivity contribution is 1.12. The van der Waals surface area contributed by atoms with Gasteiger partial charge in [0.15, 0.2) is 0 Å². The van der Waals surface area contributed by atoms with E-state index < -0.39 is 11.9 Å². The van der Waals surface area contributed by atoms with E-state index in [0.29, 0.717) is 0 Å². The van der Waals surface area contributed by atoms with Crippen LogP contribution < -0.4 is 10.7 Å². The van der Waals surface area contributed by atoms with Crippen molar-refractivity contribution in [1.29, 1.82) is 31.6 Å². The standard InChI is InChI=1S/C26H4N14/c1-33-25-37-19(9-29)23(20(10-30)38-25)13(7-27)15-3-5-18-17(35-15)6-4-16(36-18)14(8-28)24-21(11-31)39-26(34-2)40-22(24)12-32/h3-6H/b15-13-,16-14+. The number of rotatable bonds is 2. The highest BCUT2D eigenvalue weighted by atomic mass is 15.0. The van der Waals surface area contributed by atoms with Crippen molar-refractivity contribution in [2.24, 2.45) is 0 Å². The summed E-state index contributed by atoms with van der Waals surface area (Å²) in [4.78, 5) is 30.0. The summed E-state index contributed by atoms with van der Waals surface area (Å²) in [6, 6.07) is 16.6. The average Bonchev–Trinajstić information content (AvgIpc) is 3.01. The van der Waals surface area contributed by atoms with Crippen LogP contribution in [0.15, 0.2) is 24.3 Å². The van der Waals surface area contributed by atoms with Crippen molar-refractivity contribution in [3.8, 4) is 36.4 Å². The highest BCUT2D eigenvalue weighted by Crippen LogP contribution is 2.22. The van der Waals surface area contributed by atoms with Crippen molar-refractivity contribution in [1.82, 2.24) is 29.9 Å². The highest BCUT2D eigenvalue weighted by Gasteiger charge is 2.24. The van der Waals surface area contributed by atoms with E-state index in [0.717, 1.165) is 0 Å². The Labute approximate surface area is 223 Å². The van der Waals surface area contributed by atoms with Crippen LogP contribution in [0, 0.1) is 81.1 Å². The summed E-state index contributed by atoms with van der Waals surface area (Å²) < 4.78 is 0. The lowest BCUT2D eigenvalue weighted by Gasteiger charge is -2.04. The molecule has 0 aliphatic rings. The topological polar surface area (TPSA) is 229 Å². The van der Waals surface area contributed by atoms with Crippen LogP contribution in [0.4, 0.5) is 11.9 Å². The smallest absolute Gasteiger partial charge is 0.374 e. The van der Waals surface area contributed by atoms with Gasteiger partial charge in [-0.15, -0.1) is 33.1 Å². The zero-order valence-corrected chi connectivity index (χ0v) is 19.6. The SMILES string of the molecule is [C-]#[N+]c1nc(C#N)c(/C(C#N)=c2\ccc3n/c(=C(/C#N)c4c(C#N)nc([N+]#[C-])nc4C#N)ccc3n2)c(C#N)n1. The van der Waals surface area contributed by atoms with Gasteiger partial charge in [0.2, 0.25) is 22.8 Å². The Morgan fingerprint density at radius 2 is 0.850 bits per heavy atom. The Balaban J connectivity index is 2.03. The molecule has 0 N–H and O–H groups in total. The molecule has 0 saturated heterocycles. The second kappa shape index (κ2) is 10.6. The molecule has 0 unspecified atom stereocenters. The molecule has 0 fully saturated rings. The molecule has 40 heavy (non-hydrogen) atoms. The first-order valence-electron chi connectivity index (χ1n) is 10.5. The van der Waals surface area contributed by atoms with Crippen molar-refractivity contribution in [3.05, 3.63) is 91.7 Å². The van der Waals surface area contributed by atoms with Gasteiger partial charge in [0.1, 0.15) is 36.4 Å². The van der Waals surface area contributed by atoms with Crippen LogP contribution in [-0.4, -0.2) is 29.9 Å². The van der Waals surface area contributed by atoms with Crippen LogP contribution in [-0.2, 0) is 0 Å². The maximum atomic E-state index is 9.88. The van der Waals surface area contributed by atoms with Gasteiger partial charge in [0, 0.05) is 0 Å². The Bertz CT molecular complexity index is 2030. The molecule has 0 atom stereocenters. The molecule has 4 heterocycles. The van der Waals surface area contributed by atoms with Gasteiger partial charge in [-0.3, -0.25) is 0 Å². The van der Waals surface area contributed by atoms with E-state index in [1.165, 1.54) is 24.3 Å². The number of aromatic nitrogens is 6. The normalized spacial score (nSPS) is 11.1. The number of pyridine rings is 2. The van der Waals surface area contributed by atoms with E-state index in [1.54, 1.807) is 24.3 Å². The van der Waals surface area contributed by atoms with Gasteiger partial charge in [0.25, 0.3) is 0 Å². The summed E-state index contributed by atoms with van der Waals surface area (Å²) in [6.07, 6.45) is 0. The van der Waals surface area contributed by atoms with Crippen LogP contribution in [0.2, 0.25) is 0 Å². The van der Waals surface area contributed by atoms with Gasteiger partial charge >= 0.3 is 11.9 Å². The summed E-state index contributed by atoms with van der Waals surface area (Å²) >= 11 is 0. The summed E-state index contributed by atoms with van der Waals surface area (Å²) in [7, 11) is 0. The summed E-state index contributed by atoms with van der Waals surface area (Å²) in [6.45, 7) is 14.1. The Hall–Kier alpha value is -7.62. The Morgan fingerprint density at radius 3 is 1.10 bits per heavy atom. The molecule has 0 spiro atoms. The van der Waals surface area contributed by atoms with E-state index in [4.69, 9.17) is 13.1 Å². The fourth-order valence-electron chi connectivity index (χ4n) is 3.57. The van der Waals surface area contributed by atoms with E-state index in [1.807, 2.05) is 12.1 Å². The van der Waals surface area contributed by atoms with Crippen molar-refractivity contribution in [2.45, 2.75) is 0 Å². The molecule has 0 aliphatic carbocycles. The minimum Gasteiger partial charge on any atom is -0.394 e. The van der Waals surface area contributed by atoms with Gasteiger partial charge < -0.3 is 9.69 Å². The fourth-order valence-corrected chi connectivity index (χ4v) is 3.57. The lowest BCUT2D eigenvalue weighted by Crippen LogP contribution is -2.17. The van der Waals surface area contributed by atoms with Crippen molar-refractivity contribution < 1.29 is 0 Å². The summed E-state index contributed by atoms with van der Waals surface area (Å²) in [5.41, 5.74) is -1.58. The third kappa shape index (κ3) is 4.27. The second-order valence-electron chi connectivity index (χ2n) is 7.27. The van der Waals surface area contributed by atoms with Crippen LogP contribution in [0.5, 0.6) is 0 Å². The van der Waals surface area contributed by atoms with Crippen molar-refractivity contribution >= 4 is 34.1 Å². The second-order valence-corrected chi connectivity index (χ2v) is 7.27. The maximum Gasteiger partial charge on any atom is 0.374 e. The zero-order chi connectivity index (χ0) is 28.8. The number of nitrogens with zero attached hydrogens (tertiary/aromatic N) is 14. The summed E-state index contributed by atoms with van der Waals surface area (Å²) in [5, 5.41) is 58.0. The number of fused-ring (bicyclic) bond motifs is 1. The van der Waals surface area contributed by atoms with Gasteiger partial charge in [-0.05, 0) is 24.3 Å². The molecule has 0 aromatic carbocycles. The quantitative estimate of drug-likeness (QED) is 0.345. The van der Waals surface area contributed by atoms with Gasteiger partial charge in [-0.1, -0.05) is 0 Å². The Morgan fingerprint density at radius 1 is 0.525 bits per heavy atom. The molecule has 178 valence electrons. The molecule has 0 radical (unpaired) electrons. The average molecular weight is 512 g/mol. The van der Waals surface area contributed by atoms with Crippen LogP contribution >= 0.6 is 0 Å². The molecule has 14 heteroatoms. The third-order valence-electron chi connectivity index (χ3n) is 5.20. The minimum atomic E-state index is -0.421. The molecular formula is C26H4N14. The van der Waals surface area contributed by atoms with Crippen molar-refractivity contribution in [3.63, 3.8) is 0 Å². The third-order valence-corrected chi connectivity index (χ3v) is 5.20. The molecular weight excluding hydrogens is 508 g/mol. The fraction of sp³-hybridized carbons (Fsp3) is 0. The predicted molar refractivity (Wildman–Crippen MR) is 130 cm³/mol. The Kier molecular flexibility index (Phi) is 6.72. The van der Waals surface area contributed by atoms with Crippen molar-refractivity contribution in [2.75, 3.05) is 0 Å². The van der Waals surface area contributed by atoms with Gasteiger partial charge in [-0.2, -0.15) is 31.6 Å². The molecule has 4 aromatic rings. The van der Waals surface area contributed by atoms with E-state index in [9.17, 15) is 31.6 Å². The first-order chi connectivity index (χ1) is 19.5. The monoisotopic (exact) mass is 512 g/mol. The lowest BCUT2D eigenvalue weighted by atomic mass is 10.0. The number of nitriles is 6. The van der Waals surface area contributed by atoms with E-state index in [-0.39, 0.29) is 66.8 Å².